The third-order valence-corrected chi connectivity index (χ3v) is 7.56. The molecule has 0 aliphatic heterocycles. The molecule has 6 heteroatoms. The van der Waals surface area contributed by atoms with E-state index in [1.807, 2.05) is 19.1 Å². The zero-order chi connectivity index (χ0) is 18.5. The van der Waals surface area contributed by atoms with Crippen LogP contribution >= 0.6 is 0 Å². The van der Waals surface area contributed by atoms with Crippen LogP contribution in [-0.2, 0) is 14.8 Å². The molecule has 1 spiro atoms. The maximum Gasteiger partial charge on any atom is 0.240 e. The number of nitrogens with one attached hydrogen (secondary N) is 1. The van der Waals surface area contributed by atoms with Crippen LogP contribution in [0.4, 0.5) is 5.69 Å². The first-order valence-corrected chi connectivity index (χ1v) is 11.1. The molecule has 1 aromatic rings. The fourth-order valence-corrected chi connectivity index (χ4v) is 5.75. The summed E-state index contributed by atoms with van der Waals surface area (Å²) >= 11 is 0. The zero-order valence-corrected chi connectivity index (χ0v) is 16.1. The largest absolute Gasteiger partial charge is 0.354 e. The van der Waals surface area contributed by atoms with Crippen molar-refractivity contribution in [1.82, 2.24) is 5.32 Å². The third-order valence-electron chi connectivity index (χ3n) is 6.42. The normalized spacial score (nSPS) is 27.7. The Kier molecular flexibility index (Phi) is 4.14. The van der Waals surface area contributed by atoms with Crippen LogP contribution in [0, 0.1) is 30.1 Å². The van der Waals surface area contributed by atoms with Gasteiger partial charge in [-0.1, -0.05) is 29.8 Å². The average molecular weight is 375 g/mol. The number of amides is 1. The van der Waals surface area contributed by atoms with E-state index >= 15 is 0 Å². The van der Waals surface area contributed by atoms with Crippen molar-refractivity contribution < 1.29 is 13.2 Å². The molecule has 2 fully saturated rings. The Morgan fingerprint density at radius 2 is 1.92 bits per heavy atom. The molecular formula is C20H26N2O3S. The Morgan fingerprint density at radius 3 is 2.50 bits per heavy atom. The maximum atomic E-state index is 12.4. The highest BCUT2D eigenvalue weighted by molar-refractivity contribution is 7.92. The molecule has 3 aliphatic rings. The van der Waals surface area contributed by atoms with Crippen LogP contribution < -0.4 is 9.62 Å². The molecule has 0 radical (unpaired) electrons. The molecule has 1 aromatic carbocycles. The van der Waals surface area contributed by atoms with Crippen LogP contribution in [0.1, 0.15) is 24.8 Å². The molecule has 4 rings (SSSR count). The summed E-state index contributed by atoms with van der Waals surface area (Å²) in [4.78, 5) is 12.4. The van der Waals surface area contributed by atoms with Gasteiger partial charge in [-0.2, -0.15) is 0 Å². The van der Waals surface area contributed by atoms with Crippen molar-refractivity contribution >= 4 is 21.6 Å². The molecule has 140 valence electrons. The number of carbonyl (C=O) groups excluding carboxylic acids is 1. The number of anilines is 1. The summed E-state index contributed by atoms with van der Waals surface area (Å²) in [5.74, 6) is 1.53. The zero-order valence-electron chi connectivity index (χ0n) is 15.3. The Balaban J connectivity index is 1.38. The first-order chi connectivity index (χ1) is 12.3. The minimum Gasteiger partial charge on any atom is -0.354 e. The number of allylic oxidation sites excluding steroid dienone is 2. The summed E-state index contributed by atoms with van der Waals surface area (Å²) in [6.45, 7) is 2.40. The van der Waals surface area contributed by atoms with E-state index in [4.69, 9.17) is 0 Å². The number of carbonyl (C=O) groups is 1. The van der Waals surface area contributed by atoms with E-state index in [1.165, 1.54) is 17.1 Å². The molecule has 2 bridgehead atoms. The summed E-state index contributed by atoms with van der Waals surface area (Å²) in [5, 5.41) is 2.98. The second kappa shape index (κ2) is 6.12. The maximum absolute atomic E-state index is 12.4. The van der Waals surface area contributed by atoms with Crippen LogP contribution in [0.15, 0.2) is 36.4 Å². The molecule has 5 nitrogen and oxygen atoms in total. The summed E-state index contributed by atoms with van der Waals surface area (Å²) in [7, 11) is -3.52. The van der Waals surface area contributed by atoms with Gasteiger partial charge in [0.15, 0.2) is 0 Å². The van der Waals surface area contributed by atoms with Gasteiger partial charge in [0.1, 0.15) is 6.54 Å². The van der Waals surface area contributed by atoms with E-state index in [1.54, 1.807) is 12.1 Å². The summed E-state index contributed by atoms with van der Waals surface area (Å²) in [6.07, 6.45) is 9.61. The van der Waals surface area contributed by atoms with Crippen molar-refractivity contribution in [2.75, 3.05) is 23.7 Å². The molecule has 0 heterocycles. The van der Waals surface area contributed by atoms with E-state index in [-0.39, 0.29) is 12.5 Å². The molecule has 0 aromatic heterocycles. The summed E-state index contributed by atoms with van der Waals surface area (Å²) in [5.41, 5.74) is 2.08. The van der Waals surface area contributed by atoms with E-state index in [9.17, 15) is 13.2 Å². The molecule has 26 heavy (non-hydrogen) atoms. The van der Waals surface area contributed by atoms with E-state index in [2.05, 4.69) is 17.5 Å². The predicted molar refractivity (Wildman–Crippen MR) is 102 cm³/mol. The van der Waals surface area contributed by atoms with Gasteiger partial charge in [0.05, 0.1) is 11.9 Å². The quantitative estimate of drug-likeness (QED) is 0.778. The lowest BCUT2D eigenvalue weighted by Gasteiger charge is -2.24. The van der Waals surface area contributed by atoms with E-state index in [0.717, 1.165) is 18.2 Å². The molecule has 1 amide bonds. The highest BCUT2D eigenvalue weighted by Gasteiger charge is 2.62. The minimum atomic E-state index is -3.52. The van der Waals surface area contributed by atoms with Crippen molar-refractivity contribution in [2.45, 2.75) is 26.2 Å². The molecule has 0 unspecified atom stereocenters. The van der Waals surface area contributed by atoms with E-state index in [0.29, 0.717) is 35.4 Å². The van der Waals surface area contributed by atoms with Crippen molar-refractivity contribution in [3.8, 4) is 0 Å². The molecule has 1 N–H and O–H groups in total. The Bertz CT molecular complexity index is 840. The first kappa shape index (κ1) is 17.6. The van der Waals surface area contributed by atoms with Gasteiger partial charge in [-0.3, -0.25) is 9.10 Å². The van der Waals surface area contributed by atoms with Gasteiger partial charge in [0, 0.05) is 6.54 Å². The standard InChI is InChI=1S/C20H26N2O3S/c1-14-3-6-17(7-4-14)22(26(2,24)25)13-19(23)21-12-15-11-16-5-8-18(15)20(16)9-10-20/h3-8,15-16,18H,9-13H2,1-2H3,(H,21,23)/t15-,16-,18-/m1/s1. The Labute approximate surface area is 155 Å². The lowest BCUT2D eigenvalue weighted by molar-refractivity contribution is -0.119. The minimum absolute atomic E-state index is 0.177. The van der Waals surface area contributed by atoms with Gasteiger partial charge in [0.25, 0.3) is 0 Å². The lowest BCUT2D eigenvalue weighted by Crippen LogP contribution is -2.42. The van der Waals surface area contributed by atoms with Crippen LogP contribution in [0.2, 0.25) is 0 Å². The highest BCUT2D eigenvalue weighted by Crippen LogP contribution is 2.69. The molecule has 3 aliphatic carbocycles. The predicted octanol–water partition coefficient (Wildman–Crippen LogP) is 2.48. The topological polar surface area (TPSA) is 66.5 Å². The average Bonchev–Trinajstić information content (AvgIpc) is 3.25. The fourth-order valence-electron chi connectivity index (χ4n) is 4.90. The van der Waals surface area contributed by atoms with Crippen molar-refractivity contribution in [3.63, 3.8) is 0 Å². The van der Waals surface area contributed by atoms with Gasteiger partial charge >= 0.3 is 0 Å². The third kappa shape index (κ3) is 3.04. The lowest BCUT2D eigenvalue weighted by atomic mass is 9.89. The van der Waals surface area contributed by atoms with Crippen LogP contribution in [-0.4, -0.2) is 33.7 Å². The van der Waals surface area contributed by atoms with Gasteiger partial charge in [0.2, 0.25) is 15.9 Å². The second-order valence-electron chi connectivity index (χ2n) is 8.16. The number of benzene rings is 1. The van der Waals surface area contributed by atoms with Crippen LogP contribution in [0.25, 0.3) is 0 Å². The monoisotopic (exact) mass is 374 g/mol. The number of sulfonamides is 1. The van der Waals surface area contributed by atoms with Gasteiger partial charge in [-0.05, 0) is 61.5 Å². The smallest absolute Gasteiger partial charge is 0.240 e. The van der Waals surface area contributed by atoms with Crippen LogP contribution in [0.5, 0.6) is 0 Å². The SMILES string of the molecule is Cc1ccc(N(CC(=O)NC[C@H]2C[C@H]3C=C[C@H]2C32CC2)S(C)(=O)=O)cc1. The van der Waals surface area contributed by atoms with Gasteiger partial charge < -0.3 is 5.32 Å². The van der Waals surface area contributed by atoms with Crippen molar-refractivity contribution in [1.29, 1.82) is 0 Å². The summed E-state index contributed by atoms with van der Waals surface area (Å²) < 4.78 is 25.5. The second-order valence-corrected chi connectivity index (χ2v) is 10.1. The Morgan fingerprint density at radius 1 is 1.23 bits per heavy atom. The number of nitrogens with zero attached hydrogens (tertiary/aromatic N) is 1. The number of hydrogen-bond acceptors (Lipinski definition) is 3. The van der Waals surface area contributed by atoms with Crippen LogP contribution in [0.3, 0.4) is 0 Å². The summed E-state index contributed by atoms with van der Waals surface area (Å²) in [6, 6.07) is 7.17. The van der Waals surface area contributed by atoms with E-state index < -0.39 is 10.0 Å². The molecule has 0 saturated heterocycles. The molecule has 3 atom stereocenters. The molecular weight excluding hydrogens is 348 g/mol. The number of hydrogen-bond donors (Lipinski definition) is 1. The van der Waals surface area contributed by atoms with Gasteiger partial charge in [-0.25, -0.2) is 8.42 Å². The number of aryl methyl sites for hydroxylation is 1. The van der Waals surface area contributed by atoms with Crippen molar-refractivity contribution in [2.24, 2.45) is 23.2 Å². The first-order valence-electron chi connectivity index (χ1n) is 9.29. The van der Waals surface area contributed by atoms with Gasteiger partial charge in [-0.15, -0.1) is 0 Å². The fraction of sp³-hybridized carbons (Fsp3) is 0.550. The highest BCUT2D eigenvalue weighted by atomic mass is 32.2. The van der Waals surface area contributed by atoms with Crippen molar-refractivity contribution in [3.05, 3.63) is 42.0 Å². The number of rotatable bonds is 6. The Hall–Kier alpha value is -1.82. The molecule has 2 saturated carbocycles.